The highest BCUT2D eigenvalue weighted by atomic mass is 32.2. The molecule has 5 heteroatoms. The summed E-state index contributed by atoms with van der Waals surface area (Å²) in [6, 6.07) is 6.83. The van der Waals surface area contributed by atoms with Gasteiger partial charge in [-0.3, -0.25) is 0 Å². The number of hydrogen-bond acceptors (Lipinski definition) is 3. The molecule has 0 aromatic heterocycles. The van der Waals surface area contributed by atoms with Gasteiger partial charge in [0.05, 0.1) is 10.5 Å². The second-order valence-corrected chi connectivity index (χ2v) is 7.22. The molecule has 1 atom stereocenters. The zero-order valence-electron chi connectivity index (χ0n) is 11.4. The Hall–Kier alpha value is -0.910. The van der Waals surface area contributed by atoms with Crippen LogP contribution in [-0.2, 0) is 16.4 Å². The van der Waals surface area contributed by atoms with Gasteiger partial charge < -0.3 is 5.11 Å². The van der Waals surface area contributed by atoms with Gasteiger partial charge in [0.15, 0.2) is 0 Å². The fourth-order valence-corrected chi connectivity index (χ4v) is 3.22. The van der Waals surface area contributed by atoms with Crippen LogP contribution in [0.2, 0.25) is 0 Å². The molecule has 1 aromatic rings. The molecule has 0 radical (unpaired) electrons. The van der Waals surface area contributed by atoms with Gasteiger partial charge in [0, 0.05) is 6.54 Å². The van der Waals surface area contributed by atoms with Crippen molar-refractivity contribution >= 4 is 10.0 Å². The van der Waals surface area contributed by atoms with Gasteiger partial charge in [0.25, 0.3) is 0 Å². The van der Waals surface area contributed by atoms with Crippen molar-refractivity contribution in [2.24, 2.45) is 5.92 Å². The lowest BCUT2D eigenvalue weighted by Gasteiger charge is -2.23. The Morgan fingerprint density at radius 2 is 1.89 bits per heavy atom. The minimum Gasteiger partial charge on any atom is -0.389 e. The quantitative estimate of drug-likeness (QED) is 0.835. The Kier molecular flexibility index (Phi) is 3.99. The lowest BCUT2D eigenvalue weighted by atomic mass is 10.0. The fourth-order valence-electron chi connectivity index (χ4n) is 2.08. The summed E-state index contributed by atoms with van der Waals surface area (Å²) >= 11 is 0. The Morgan fingerprint density at radius 1 is 1.32 bits per heavy atom. The van der Waals surface area contributed by atoms with Gasteiger partial charge in [-0.1, -0.05) is 19.1 Å². The molecule has 1 aliphatic rings. The maximum absolute atomic E-state index is 12.1. The van der Waals surface area contributed by atoms with Crippen LogP contribution < -0.4 is 4.72 Å². The third-order valence-corrected chi connectivity index (χ3v) is 5.14. The average molecular weight is 283 g/mol. The summed E-state index contributed by atoms with van der Waals surface area (Å²) in [5.41, 5.74) is 0.153. The van der Waals surface area contributed by atoms with Crippen LogP contribution in [0.4, 0.5) is 0 Å². The van der Waals surface area contributed by atoms with Crippen LogP contribution in [-0.4, -0.2) is 25.7 Å². The van der Waals surface area contributed by atoms with Crippen LogP contribution in [0.25, 0.3) is 0 Å². The van der Waals surface area contributed by atoms with Crippen molar-refractivity contribution in [1.29, 1.82) is 0 Å². The summed E-state index contributed by atoms with van der Waals surface area (Å²) in [4.78, 5) is 0.247. The summed E-state index contributed by atoms with van der Waals surface area (Å²) in [6.45, 7) is 3.78. The predicted molar refractivity (Wildman–Crippen MR) is 74.4 cm³/mol. The topological polar surface area (TPSA) is 66.4 Å². The van der Waals surface area contributed by atoms with Gasteiger partial charge in [0.1, 0.15) is 0 Å². The van der Waals surface area contributed by atoms with Crippen molar-refractivity contribution in [3.8, 4) is 0 Å². The maximum Gasteiger partial charge on any atom is 0.240 e. The molecular weight excluding hydrogens is 262 g/mol. The first-order valence-corrected chi connectivity index (χ1v) is 8.14. The van der Waals surface area contributed by atoms with Crippen molar-refractivity contribution in [2.45, 2.75) is 43.6 Å². The second-order valence-electron chi connectivity index (χ2n) is 5.45. The van der Waals surface area contributed by atoms with Gasteiger partial charge in [-0.15, -0.1) is 0 Å². The van der Waals surface area contributed by atoms with E-state index in [-0.39, 0.29) is 17.4 Å². The normalized spacial score (nSPS) is 19.1. The number of benzene rings is 1. The Bertz CT molecular complexity index is 530. The molecule has 106 valence electrons. The van der Waals surface area contributed by atoms with Gasteiger partial charge >= 0.3 is 0 Å². The van der Waals surface area contributed by atoms with Gasteiger partial charge in [-0.05, 0) is 49.8 Å². The van der Waals surface area contributed by atoms with Crippen molar-refractivity contribution in [2.75, 3.05) is 6.54 Å². The predicted octanol–water partition coefficient (Wildman–Crippen LogP) is 1.69. The molecule has 2 N–H and O–H groups in total. The van der Waals surface area contributed by atoms with E-state index in [1.54, 1.807) is 19.1 Å². The summed E-state index contributed by atoms with van der Waals surface area (Å²) in [5, 5.41) is 10.1. The van der Waals surface area contributed by atoms with Crippen LogP contribution >= 0.6 is 0 Å². The summed E-state index contributed by atoms with van der Waals surface area (Å²) < 4.78 is 26.7. The number of aryl methyl sites for hydroxylation is 1. The fraction of sp³-hybridized carbons (Fsp3) is 0.571. The van der Waals surface area contributed by atoms with E-state index in [9.17, 15) is 13.5 Å². The molecule has 0 aliphatic heterocycles. The van der Waals surface area contributed by atoms with Crippen molar-refractivity contribution in [3.63, 3.8) is 0 Å². The first-order chi connectivity index (χ1) is 8.85. The molecule has 0 spiro atoms. The smallest absolute Gasteiger partial charge is 0.240 e. The number of aliphatic hydroxyl groups is 1. The first-order valence-electron chi connectivity index (χ1n) is 6.66. The van der Waals surface area contributed by atoms with Gasteiger partial charge in [0.2, 0.25) is 10.0 Å². The van der Waals surface area contributed by atoms with Gasteiger partial charge in [-0.2, -0.15) is 0 Å². The zero-order chi connectivity index (χ0) is 14.1. The summed E-state index contributed by atoms with van der Waals surface area (Å²) in [6.07, 6.45) is 2.82. The average Bonchev–Trinajstić information content (AvgIpc) is 3.21. The molecule has 0 amide bonds. The molecule has 0 bridgehead atoms. The highest BCUT2D eigenvalue weighted by Gasteiger charge is 2.40. The monoisotopic (exact) mass is 283 g/mol. The largest absolute Gasteiger partial charge is 0.389 e. The van der Waals surface area contributed by atoms with Crippen LogP contribution in [0.1, 0.15) is 32.3 Å². The minimum atomic E-state index is -3.53. The SMILES string of the molecule is CCc1ccc(S(=O)(=O)NC[C@@](C)(O)C2CC2)cc1. The molecule has 4 nitrogen and oxygen atoms in total. The molecule has 0 heterocycles. The molecule has 2 rings (SSSR count). The van der Waals surface area contributed by atoms with E-state index in [0.717, 1.165) is 24.8 Å². The molecule has 1 aliphatic carbocycles. The molecule has 0 saturated heterocycles. The maximum atomic E-state index is 12.1. The van der Waals surface area contributed by atoms with Crippen LogP contribution in [0, 0.1) is 5.92 Å². The molecule has 0 unspecified atom stereocenters. The van der Waals surface area contributed by atoms with E-state index in [2.05, 4.69) is 4.72 Å². The number of nitrogens with one attached hydrogen (secondary N) is 1. The number of sulfonamides is 1. The van der Waals surface area contributed by atoms with E-state index in [1.165, 1.54) is 0 Å². The molecule has 1 saturated carbocycles. The second kappa shape index (κ2) is 5.23. The van der Waals surface area contributed by atoms with Crippen LogP contribution in [0.5, 0.6) is 0 Å². The number of hydrogen-bond donors (Lipinski definition) is 2. The molecule has 1 aromatic carbocycles. The molecule has 1 fully saturated rings. The van der Waals surface area contributed by atoms with Gasteiger partial charge in [-0.25, -0.2) is 13.1 Å². The lowest BCUT2D eigenvalue weighted by molar-refractivity contribution is 0.0422. The Balaban J connectivity index is 2.04. The van der Waals surface area contributed by atoms with Crippen molar-refractivity contribution in [1.82, 2.24) is 4.72 Å². The summed E-state index contributed by atoms with van der Waals surface area (Å²) in [5.74, 6) is 0.220. The van der Waals surface area contributed by atoms with Crippen LogP contribution in [0.15, 0.2) is 29.2 Å². The molecule has 19 heavy (non-hydrogen) atoms. The van der Waals surface area contributed by atoms with E-state index in [0.29, 0.717) is 0 Å². The highest BCUT2D eigenvalue weighted by molar-refractivity contribution is 7.89. The van der Waals surface area contributed by atoms with Crippen molar-refractivity contribution in [3.05, 3.63) is 29.8 Å². The zero-order valence-corrected chi connectivity index (χ0v) is 12.2. The third kappa shape index (κ3) is 3.55. The lowest BCUT2D eigenvalue weighted by Crippen LogP contribution is -2.42. The first kappa shape index (κ1) is 14.5. The minimum absolute atomic E-state index is 0.0650. The summed E-state index contributed by atoms with van der Waals surface area (Å²) in [7, 11) is -3.53. The van der Waals surface area contributed by atoms with E-state index >= 15 is 0 Å². The number of rotatable bonds is 6. The highest BCUT2D eigenvalue weighted by Crippen LogP contribution is 2.39. The molecular formula is C14H21NO3S. The van der Waals surface area contributed by atoms with E-state index < -0.39 is 15.6 Å². The third-order valence-electron chi connectivity index (χ3n) is 3.72. The van der Waals surface area contributed by atoms with E-state index in [4.69, 9.17) is 0 Å². The van der Waals surface area contributed by atoms with Crippen molar-refractivity contribution < 1.29 is 13.5 Å². The van der Waals surface area contributed by atoms with Crippen LogP contribution in [0.3, 0.4) is 0 Å². The van der Waals surface area contributed by atoms with E-state index in [1.807, 2.05) is 19.1 Å². The standard InChI is InChI=1S/C14H21NO3S/c1-3-11-4-8-13(9-5-11)19(17,18)15-10-14(2,16)12-6-7-12/h4-5,8-9,12,15-16H,3,6-7,10H2,1-2H3/t14-/m1/s1. The Morgan fingerprint density at radius 3 is 2.37 bits per heavy atom. The Labute approximate surface area is 114 Å².